The van der Waals surface area contributed by atoms with Crippen LogP contribution in [0.4, 0.5) is 5.69 Å². The van der Waals surface area contributed by atoms with E-state index in [1.165, 1.54) is 12.8 Å². The van der Waals surface area contributed by atoms with Gasteiger partial charge in [-0.15, -0.1) is 10.2 Å². The summed E-state index contributed by atoms with van der Waals surface area (Å²) in [6.07, 6.45) is 8.02. The van der Waals surface area contributed by atoms with Crippen molar-refractivity contribution in [3.05, 3.63) is 47.1 Å². The summed E-state index contributed by atoms with van der Waals surface area (Å²) in [4.78, 5) is 6.71. The summed E-state index contributed by atoms with van der Waals surface area (Å²) in [5, 5.41) is 19.8. The highest BCUT2D eigenvalue weighted by Crippen LogP contribution is 2.40. The van der Waals surface area contributed by atoms with Crippen LogP contribution in [0, 0.1) is 11.3 Å². The first-order valence-corrected chi connectivity index (χ1v) is 9.75. The first-order chi connectivity index (χ1) is 13.2. The van der Waals surface area contributed by atoms with Gasteiger partial charge in [-0.3, -0.25) is 4.98 Å². The van der Waals surface area contributed by atoms with E-state index in [0.717, 1.165) is 48.3 Å². The van der Waals surface area contributed by atoms with E-state index in [1.54, 1.807) is 6.20 Å². The lowest BCUT2D eigenvalue weighted by Crippen LogP contribution is -2.34. The van der Waals surface area contributed by atoms with Gasteiger partial charge in [-0.2, -0.15) is 5.26 Å². The zero-order valence-corrected chi connectivity index (χ0v) is 15.6. The number of piperidine rings is 1. The van der Waals surface area contributed by atoms with Crippen LogP contribution in [0.25, 0.3) is 10.9 Å². The standard InChI is InChI=1S/C20H19ClN6/c21-15-1-4-18-17(9-15)19(14(10-22)11-23-18)26-7-5-13(6-8-26)20-25-24-12-27(20)16-2-3-16/h1,4,9,11-13,16H,2-3,5-8H2. The van der Waals surface area contributed by atoms with Crippen LogP contribution in [0.5, 0.6) is 0 Å². The SMILES string of the molecule is N#Cc1cnc2ccc(Cl)cc2c1N1CCC(c2nncn2C2CC2)CC1. The second-order valence-electron chi connectivity index (χ2n) is 7.38. The molecule has 2 fully saturated rings. The zero-order valence-electron chi connectivity index (χ0n) is 14.8. The lowest BCUT2D eigenvalue weighted by molar-refractivity contribution is 0.465. The molecule has 7 heteroatoms. The van der Waals surface area contributed by atoms with Gasteiger partial charge in [0, 0.05) is 41.7 Å². The molecule has 1 aliphatic heterocycles. The molecule has 1 aliphatic carbocycles. The van der Waals surface area contributed by atoms with E-state index in [0.29, 0.717) is 22.5 Å². The summed E-state index contributed by atoms with van der Waals surface area (Å²) >= 11 is 6.22. The van der Waals surface area contributed by atoms with Crippen molar-refractivity contribution in [2.75, 3.05) is 18.0 Å². The van der Waals surface area contributed by atoms with E-state index in [9.17, 15) is 5.26 Å². The largest absolute Gasteiger partial charge is 0.370 e. The van der Waals surface area contributed by atoms with E-state index in [4.69, 9.17) is 11.6 Å². The third-order valence-electron chi connectivity index (χ3n) is 5.64. The van der Waals surface area contributed by atoms with Gasteiger partial charge in [-0.25, -0.2) is 0 Å². The summed E-state index contributed by atoms with van der Waals surface area (Å²) < 4.78 is 2.27. The Bertz CT molecular complexity index is 1040. The number of fused-ring (bicyclic) bond motifs is 1. The number of hydrogen-bond acceptors (Lipinski definition) is 5. The number of nitrogens with zero attached hydrogens (tertiary/aromatic N) is 6. The van der Waals surface area contributed by atoms with Gasteiger partial charge in [0.25, 0.3) is 0 Å². The molecule has 136 valence electrons. The first-order valence-electron chi connectivity index (χ1n) is 9.37. The Labute approximate surface area is 162 Å². The Hall–Kier alpha value is -2.65. The Kier molecular flexibility index (Phi) is 3.98. The Morgan fingerprint density at radius 2 is 1.96 bits per heavy atom. The highest BCUT2D eigenvalue weighted by molar-refractivity contribution is 6.31. The second-order valence-corrected chi connectivity index (χ2v) is 7.82. The molecule has 3 heterocycles. The van der Waals surface area contributed by atoms with Crippen LogP contribution in [0.3, 0.4) is 0 Å². The van der Waals surface area contributed by atoms with Gasteiger partial charge in [0.2, 0.25) is 0 Å². The van der Waals surface area contributed by atoms with Crippen LogP contribution in [0.2, 0.25) is 5.02 Å². The van der Waals surface area contributed by atoms with Crippen LogP contribution >= 0.6 is 11.6 Å². The van der Waals surface area contributed by atoms with Crippen molar-refractivity contribution in [1.29, 1.82) is 5.26 Å². The Balaban J connectivity index is 1.45. The smallest absolute Gasteiger partial charge is 0.136 e. The molecular formula is C20H19ClN6. The topological polar surface area (TPSA) is 70.6 Å². The molecule has 27 heavy (non-hydrogen) atoms. The maximum Gasteiger partial charge on any atom is 0.136 e. The fourth-order valence-electron chi connectivity index (χ4n) is 4.11. The summed E-state index contributed by atoms with van der Waals surface area (Å²) in [5.74, 6) is 1.55. The maximum atomic E-state index is 9.61. The number of aromatic nitrogens is 4. The van der Waals surface area contributed by atoms with Crippen LogP contribution in [0.1, 0.15) is 49.0 Å². The molecule has 1 saturated carbocycles. The van der Waals surface area contributed by atoms with Crippen molar-refractivity contribution in [3.8, 4) is 6.07 Å². The summed E-state index contributed by atoms with van der Waals surface area (Å²) in [5.41, 5.74) is 2.42. The third kappa shape index (κ3) is 2.92. The predicted octanol–water partition coefficient (Wildman–Crippen LogP) is 4.07. The number of halogens is 1. The summed E-state index contributed by atoms with van der Waals surface area (Å²) in [7, 11) is 0. The van der Waals surface area contributed by atoms with Gasteiger partial charge in [-0.1, -0.05) is 11.6 Å². The van der Waals surface area contributed by atoms with Crippen molar-refractivity contribution in [2.24, 2.45) is 0 Å². The van der Waals surface area contributed by atoms with E-state index in [2.05, 4.69) is 30.7 Å². The van der Waals surface area contributed by atoms with E-state index < -0.39 is 0 Å². The van der Waals surface area contributed by atoms with Crippen molar-refractivity contribution in [2.45, 2.75) is 37.6 Å². The summed E-state index contributed by atoms with van der Waals surface area (Å²) in [6, 6.07) is 8.56. The van der Waals surface area contributed by atoms with Crippen molar-refractivity contribution >= 4 is 28.2 Å². The number of hydrogen-bond donors (Lipinski definition) is 0. The molecule has 3 aromatic rings. The number of benzene rings is 1. The van der Waals surface area contributed by atoms with Crippen LogP contribution < -0.4 is 4.90 Å². The molecule has 0 spiro atoms. The van der Waals surface area contributed by atoms with Gasteiger partial charge >= 0.3 is 0 Å². The first kappa shape index (κ1) is 16.5. The Morgan fingerprint density at radius 3 is 2.70 bits per heavy atom. The average Bonchev–Trinajstić information content (AvgIpc) is 3.43. The molecule has 0 amide bonds. The van der Waals surface area contributed by atoms with E-state index >= 15 is 0 Å². The highest BCUT2D eigenvalue weighted by atomic mass is 35.5. The zero-order chi connectivity index (χ0) is 18.4. The van der Waals surface area contributed by atoms with Crippen molar-refractivity contribution in [3.63, 3.8) is 0 Å². The molecule has 1 aromatic carbocycles. The fourth-order valence-corrected chi connectivity index (χ4v) is 4.28. The molecule has 0 unspecified atom stereocenters. The minimum absolute atomic E-state index is 0.423. The fraction of sp³-hybridized carbons (Fsp3) is 0.400. The molecule has 0 N–H and O–H groups in total. The average molecular weight is 379 g/mol. The van der Waals surface area contributed by atoms with Gasteiger partial charge in [0.15, 0.2) is 0 Å². The third-order valence-corrected chi connectivity index (χ3v) is 5.87. The van der Waals surface area contributed by atoms with Crippen molar-refractivity contribution < 1.29 is 0 Å². The second kappa shape index (κ2) is 6.50. The Morgan fingerprint density at radius 1 is 1.15 bits per heavy atom. The number of rotatable bonds is 3. The molecule has 0 bridgehead atoms. The van der Waals surface area contributed by atoms with Crippen LogP contribution in [0.15, 0.2) is 30.7 Å². The predicted molar refractivity (Wildman–Crippen MR) is 104 cm³/mol. The molecule has 6 nitrogen and oxygen atoms in total. The normalized spacial score (nSPS) is 18.0. The van der Waals surface area contributed by atoms with Crippen molar-refractivity contribution in [1.82, 2.24) is 19.7 Å². The van der Waals surface area contributed by atoms with E-state index in [1.807, 2.05) is 24.5 Å². The minimum atomic E-state index is 0.423. The number of nitriles is 1. The van der Waals surface area contributed by atoms with Gasteiger partial charge in [-0.05, 0) is 43.9 Å². The van der Waals surface area contributed by atoms with Gasteiger partial charge in [0.05, 0.1) is 16.8 Å². The molecule has 2 aliphatic rings. The quantitative estimate of drug-likeness (QED) is 0.687. The molecule has 2 aromatic heterocycles. The molecule has 0 atom stereocenters. The monoisotopic (exact) mass is 378 g/mol. The van der Waals surface area contributed by atoms with Gasteiger partial charge < -0.3 is 9.47 Å². The number of pyridine rings is 1. The van der Waals surface area contributed by atoms with E-state index in [-0.39, 0.29) is 0 Å². The lowest BCUT2D eigenvalue weighted by Gasteiger charge is -2.34. The molecule has 5 rings (SSSR count). The molecular weight excluding hydrogens is 360 g/mol. The molecule has 0 radical (unpaired) electrons. The highest BCUT2D eigenvalue weighted by Gasteiger charge is 2.31. The summed E-state index contributed by atoms with van der Waals surface area (Å²) in [6.45, 7) is 1.75. The lowest BCUT2D eigenvalue weighted by atomic mass is 9.94. The minimum Gasteiger partial charge on any atom is -0.370 e. The molecule has 1 saturated heterocycles. The van der Waals surface area contributed by atoms with Crippen LogP contribution in [-0.4, -0.2) is 32.8 Å². The number of anilines is 1. The van der Waals surface area contributed by atoms with Gasteiger partial charge in [0.1, 0.15) is 18.2 Å². The maximum absolute atomic E-state index is 9.61. The van der Waals surface area contributed by atoms with Crippen LogP contribution in [-0.2, 0) is 0 Å².